The van der Waals surface area contributed by atoms with E-state index in [0.29, 0.717) is 6.42 Å². The molecule has 1 fully saturated rings. The largest absolute Gasteiger partial charge is 0.394 e. The number of aliphatic hydroxyl groups excluding tert-OH is 5. The summed E-state index contributed by atoms with van der Waals surface area (Å²) in [4.78, 5) is 12.8. The predicted octanol–water partition coefficient (Wildman–Crippen LogP) is 7.39. The van der Waals surface area contributed by atoms with Crippen LogP contribution in [0.4, 0.5) is 0 Å². The van der Waals surface area contributed by atoms with Gasteiger partial charge in [0.2, 0.25) is 5.91 Å². The molecule has 290 valence electrons. The topological polar surface area (TPSA) is 149 Å². The third-order valence-corrected chi connectivity index (χ3v) is 9.86. The molecule has 1 amide bonds. The van der Waals surface area contributed by atoms with E-state index in [1.165, 1.54) is 122 Å². The Balaban J connectivity index is 2.39. The number of ether oxygens (including phenoxy) is 2. The minimum atomic E-state index is -1.56. The molecule has 1 aliphatic rings. The minimum absolute atomic E-state index is 0.180. The fraction of sp³-hybridized carbons (Fsp3) is 0.925. The number of carbonyl (C=O) groups excluding carboxylic acids is 1. The van der Waals surface area contributed by atoms with Gasteiger partial charge in [-0.2, -0.15) is 0 Å². The lowest BCUT2D eigenvalue weighted by Gasteiger charge is -2.40. The monoisotopic (exact) mass is 700 g/mol. The number of unbranched alkanes of at least 4 members (excludes halogenated alkanes) is 23. The van der Waals surface area contributed by atoms with Crippen LogP contribution in [-0.4, -0.2) is 87.5 Å². The number of amides is 1. The smallest absolute Gasteiger partial charge is 0.220 e. The molecular weight excluding hydrogens is 622 g/mol. The van der Waals surface area contributed by atoms with Crippen LogP contribution in [0.1, 0.15) is 181 Å². The van der Waals surface area contributed by atoms with E-state index in [2.05, 4.69) is 19.2 Å². The molecule has 6 N–H and O–H groups in total. The summed E-state index contributed by atoms with van der Waals surface area (Å²) in [7, 11) is 0. The Morgan fingerprint density at radius 1 is 0.673 bits per heavy atom. The molecule has 9 nitrogen and oxygen atoms in total. The van der Waals surface area contributed by atoms with Crippen LogP contribution >= 0.6 is 0 Å². The van der Waals surface area contributed by atoms with Gasteiger partial charge in [-0.25, -0.2) is 0 Å². The first-order chi connectivity index (χ1) is 23.8. The summed E-state index contributed by atoms with van der Waals surface area (Å²) in [6, 6.07) is -0.796. The maximum Gasteiger partial charge on any atom is 0.220 e. The van der Waals surface area contributed by atoms with E-state index in [1.807, 2.05) is 6.08 Å². The second-order valence-electron chi connectivity index (χ2n) is 14.4. The van der Waals surface area contributed by atoms with Gasteiger partial charge in [0.25, 0.3) is 0 Å². The average molecular weight is 700 g/mol. The Hall–Kier alpha value is -1.07. The number of allylic oxidation sites excluding steroid dienone is 1. The Morgan fingerprint density at radius 3 is 1.59 bits per heavy atom. The van der Waals surface area contributed by atoms with E-state index in [0.717, 1.165) is 38.5 Å². The molecule has 0 bridgehead atoms. The van der Waals surface area contributed by atoms with Gasteiger partial charge in [0.15, 0.2) is 6.29 Å². The van der Waals surface area contributed by atoms with E-state index in [4.69, 9.17) is 9.47 Å². The summed E-state index contributed by atoms with van der Waals surface area (Å²) in [5, 5.41) is 53.9. The van der Waals surface area contributed by atoms with Gasteiger partial charge in [-0.05, 0) is 19.3 Å². The van der Waals surface area contributed by atoms with Crippen LogP contribution in [0.25, 0.3) is 0 Å². The second-order valence-corrected chi connectivity index (χ2v) is 14.4. The van der Waals surface area contributed by atoms with Gasteiger partial charge in [0.1, 0.15) is 24.4 Å². The summed E-state index contributed by atoms with van der Waals surface area (Å²) in [5.41, 5.74) is 0. The molecule has 0 aromatic carbocycles. The highest BCUT2D eigenvalue weighted by Crippen LogP contribution is 2.22. The van der Waals surface area contributed by atoms with Crippen LogP contribution in [0.2, 0.25) is 0 Å². The summed E-state index contributed by atoms with van der Waals surface area (Å²) in [6.45, 7) is 3.74. The van der Waals surface area contributed by atoms with Crippen LogP contribution in [0.3, 0.4) is 0 Å². The second kappa shape index (κ2) is 31.6. The van der Waals surface area contributed by atoms with Crippen molar-refractivity contribution in [3.05, 3.63) is 12.2 Å². The van der Waals surface area contributed by atoms with Gasteiger partial charge < -0.3 is 40.3 Å². The standard InChI is InChI=1S/C40H77NO8/c1-3-5-7-9-11-13-14-15-16-17-18-19-20-22-23-25-27-29-34(43)33(32-48-40-39(47)38(46)37(45)35(31-42)49-40)41-36(44)30-28-26-24-21-12-10-8-6-4-2/h27,29,33-35,37-40,42-43,45-47H,3-26,28,30-32H2,1-2H3,(H,41,44)/b29-27+/t33-,34+,35+,37-,38?,39?,40+/m0/s1. The lowest BCUT2D eigenvalue weighted by molar-refractivity contribution is -0.302. The highest BCUT2D eigenvalue weighted by atomic mass is 16.7. The predicted molar refractivity (Wildman–Crippen MR) is 198 cm³/mol. The number of hydrogen-bond acceptors (Lipinski definition) is 8. The van der Waals surface area contributed by atoms with Crippen molar-refractivity contribution in [2.75, 3.05) is 13.2 Å². The number of nitrogens with one attached hydrogen (secondary N) is 1. The summed E-state index contributed by atoms with van der Waals surface area (Å²) < 4.78 is 11.2. The van der Waals surface area contributed by atoms with Gasteiger partial charge in [0, 0.05) is 6.42 Å². The normalized spacial score (nSPS) is 22.5. The maximum atomic E-state index is 12.8. The third-order valence-electron chi connectivity index (χ3n) is 9.86. The van der Waals surface area contributed by atoms with Gasteiger partial charge >= 0.3 is 0 Å². The molecule has 1 rings (SSSR count). The van der Waals surface area contributed by atoms with Gasteiger partial charge in [-0.3, -0.25) is 4.79 Å². The van der Waals surface area contributed by atoms with E-state index in [9.17, 15) is 30.3 Å². The van der Waals surface area contributed by atoms with Crippen molar-refractivity contribution in [1.29, 1.82) is 0 Å². The molecule has 0 aromatic rings. The van der Waals surface area contributed by atoms with Crippen molar-refractivity contribution in [2.45, 2.75) is 224 Å². The van der Waals surface area contributed by atoms with Gasteiger partial charge in [0.05, 0.1) is 25.4 Å². The molecule has 1 aliphatic heterocycles. The van der Waals surface area contributed by atoms with Crippen LogP contribution in [0.15, 0.2) is 12.2 Å². The molecule has 2 unspecified atom stereocenters. The lowest BCUT2D eigenvalue weighted by Crippen LogP contribution is -2.60. The highest BCUT2D eigenvalue weighted by molar-refractivity contribution is 5.76. The Bertz CT molecular complexity index is 781. The van der Waals surface area contributed by atoms with Gasteiger partial charge in [-0.15, -0.1) is 0 Å². The number of hydrogen-bond donors (Lipinski definition) is 6. The fourth-order valence-corrected chi connectivity index (χ4v) is 6.51. The Kier molecular flexibility index (Phi) is 29.7. The van der Waals surface area contributed by atoms with Crippen molar-refractivity contribution in [3.63, 3.8) is 0 Å². The molecule has 49 heavy (non-hydrogen) atoms. The highest BCUT2D eigenvalue weighted by Gasteiger charge is 2.44. The molecule has 0 saturated carbocycles. The molecule has 1 saturated heterocycles. The van der Waals surface area contributed by atoms with Crippen molar-refractivity contribution in [2.24, 2.45) is 0 Å². The summed E-state index contributed by atoms with van der Waals surface area (Å²) in [6.07, 6.45) is 26.9. The van der Waals surface area contributed by atoms with E-state index < -0.39 is 49.5 Å². The quantitative estimate of drug-likeness (QED) is 0.0307. The van der Waals surface area contributed by atoms with Crippen LogP contribution in [0, 0.1) is 0 Å². The van der Waals surface area contributed by atoms with Crippen LogP contribution in [0.5, 0.6) is 0 Å². The number of carbonyl (C=O) groups is 1. The molecule has 9 heteroatoms. The molecule has 0 radical (unpaired) electrons. The zero-order chi connectivity index (χ0) is 36.0. The number of aliphatic hydroxyl groups is 5. The molecule has 0 spiro atoms. The van der Waals surface area contributed by atoms with Crippen LogP contribution < -0.4 is 5.32 Å². The first kappa shape index (κ1) is 46.0. The van der Waals surface area contributed by atoms with Crippen molar-refractivity contribution >= 4 is 5.91 Å². The number of rotatable bonds is 33. The van der Waals surface area contributed by atoms with Crippen molar-refractivity contribution in [1.82, 2.24) is 5.32 Å². The SMILES string of the molecule is CCCCCCCCCCCCCCCCC/C=C/[C@@H](O)[C@H](CO[C@@H]1O[C@H](CO)[C@H](O)C(O)C1O)NC(=O)CCCCCCCCCCC. The first-order valence-corrected chi connectivity index (χ1v) is 20.4. The molecule has 1 heterocycles. The van der Waals surface area contributed by atoms with E-state index >= 15 is 0 Å². The third kappa shape index (κ3) is 23.2. The molecular formula is C40H77NO8. The van der Waals surface area contributed by atoms with Crippen molar-refractivity contribution in [3.8, 4) is 0 Å². The fourth-order valence-electron chi connectivity index (χ4n) is 6.51. The Morgan fingerprint density at radius 2 is 1.12 bits per heavy atom. The summed E-state index contributed by atoms with van der Waals surface area (Å²) >= 11 is 0. The Labute approximate surface area is 299 Å². The molecule has 0 aromatic heterocycles. The zero-order valence-electron chi connectivity index (χ0n) is 31.5. The van der Waals surface area contributed by atoms with E-state index in [-0.39, 0.29) is 12.5 Å². The molecule has 0 aliphatic carbocycles. The van der Waals surface area contributed by atoms with E-state index in [1.54, 1.807) is 6.08 Å². The first-order valence-electron chi connectivity index (χ1n) is 20.4. The average Bonchev–Trinajstić information content (AvgIpc) is 3.10. The van der Waals surface area contributed by atoms with Gasteiger partial charge in [-0.1, -0.05) is 167 Å². The zero-order valence-corrected chi connectivity index (χ0v) is 31.5. The maximum absolute atomic E-state index is 12.8. The minimum Gasteiger partial charge on any atom is -0.394 e. The molecule has 7 atom stereocenters. The lowest BCUT2D eigenvalue weighted by atomic mass is 9.99. The van der Waals surface area contributed by atoms with Crippen molar-refractivity contribution < 1.29 is 39.8 Å². The van der Waals surface area contributed by atoms with Crippen LogP contribution in [-0.2, 0) is 14.3 Å². The summed E-state index contributed by atoms with van der Waals surface area (Å²) in [5.74, 6) is -0.180.